The summed E-state index contributed by atoms with van der Waals surface area (Å²) in [4.78, 5) is 13.2. The number of hydrogen-bond donors (Lipinski definition) is 1. The molecule has 3 nitrogen and oxygen atoms in total. The molecular weight excluding hydrogens is 262 g/mol. The molecule has 0 aliphatic heterocycles. The number of rotatable bonds is 8. The Hall–Kier alpha value is -0.570. The van der Waals surface area contributed by atoms with E-state index in [1.165, 1.54) is 32.1 Å². The molecule has 124 valence electrons. The van der Waals surface area contributed by atoms with Crippen molar-refractivity contribution in [3.05, 3.63) is 0 Å². The minimum Gasteiger partial charge on any atom is -0.481 e. The molecule has 1 rings (SSSR count). The van der Waals surface area contributed by atoms with Gasteiger partial charge in [0, 0.05) is 18.5 Å². The molecule has 1 aliphatic rings. The van der Waals surface area contributed by atoms with E-state index in [9.17, 15) is 4.79 Å². The molecular formula is C18H35NO2. The lowest BCUT2D eigenvalue weighted by molar-refractivity contribution is -0.137. The Kier molecular flexibility index (Phi) is 7.19. The summed E-state index contributed by atoms with van der Waals surface area (Å²) in [7, 11) is 0. The van der Waals surface area contributed by atoms with E-state index in [1.54, 1.807) is 0 Å². The number of nitrogens with zero attached hydrogens (tertiary/aromatic N) is 1. The van der Waals surface area contributed by atoms with Crippen molar-refractivity contribution in [1.82, 2.24) is 4.90 Å². The predicted molar refractivity (Wildman–Crippen MR) is 88.5 cm³/mol. The first-order valence-electron chi connectivity index (χ1n) is 8.75. The first-order chi connectivity index (χ1) is 9.77. The van der Waals surface area contributed by atoms with Crippen LogP contribution in [0, 0.1) is 11.3 Å². The lowest BCUT2D eigenvalue weighted by Gasteiger charge is -2.43. The van der Waals surface area contributed by atoms with Gasteiger partial charge in [-0.1, -0.05) is 27.2 Å². The highest BCUT2D eigenvalue weighted by Gasteiger charge is 2.34. The fourth-order valence-electron chi connectivity index (χ4n) is 3.75. The third kappa shape index (κ3) is 5.61. The Balaban J connectivity index is 2.50. The van der Waals surface area contributed by atoms with Gasteiger partial charge in [-0.05, 0) is 63.8 Å². The second-order valence-electron chi connectivity index (χ2n) is 7.68. The number of carbonyl (C=O) groups is 1. The molecule has 0 saturated heterocycles. The van der Waals surface area contributed by atoms with Crippen molar-refractivity contribution < 1.29 is 9.90 Å². The first-order valence-corrected chi connectivity index (χ1v) is 8.75. The summed E-state index contributed by atoms with van der Waals surface area (Å²) in [5, 5.41) is 8.81. The zero-order valence-electron chi connectivity index (χ0n) is 14.7. The number of carboxylic acid groups (broad SMARTS) is 1. The van der Waals surface area contributed by atoms with Crippen molar-refractivity contribution in [2.45, 2.75) is 91.6 Å². The van der Waals surface area contributed by atoms with Crippen molar-refractivity contribution in [2.24, 2.45) is 11.3 Å². The summed E-state index contributed by atoms with van der Waals surface area (Å²) in [6.07, 6.45) is 7.53. The van der Waals surface area contributed by atoms with Gasteiger partial charge in [-0.25, -0.2) is 0 Å². The molecule has 21 heavy (non-hydrogen) atoms. The van der Waals surface area contributed by atoms with E-state index in [1.807, 2.05) is 0 Å². The quantitative estimate of drug-likeness (QED) is 0.714. The van der Waals surface area contributed by atoms with E-state index in [4.69, 9.17) is 5.11 Å². The zero-order chi connectivity index (χ0) is 16.0. The van der Waals surface area contributed by atoms with Crippen LogP contribution in [0.3, 0.4) is 0 Å². The van der Waals surface area contributed by atoms with Crippen LogP contribution >= 0.6 is 0 Å². The molecule has 0 atom stereocenters. The van der Waals surface area contributed by atoms with E-state index in [0.29, 0.717) is 23.9 Å². The van der Waals surface area contributed by atoms with Crippen molar-refractivity contribution in [3.63, 3.8) is 0 Å². The van der Waals surface area contributed by atoms with Gasteiger partial charge in [0.1, 0.15) is 0 Å². The molecule has 0 heterocycles. The van der Waals surface area contributed by atoms with E-state index >= 15 is 0 Å². The predicted octanol–water partition coefficient (Wildman–Crippen LogP) is 4.56. The third-order valence-corrected chi connectivity index (χ3v) is 5.65. The standard InChI is InChI=1S/C18H35NO2/c1-6-18(4,5)15-9-11-16(12-10-15)19(14(2)3)13-7-8-17(20)21/h14-16H,6-13H2,1-5H3,(H,20,21). The Morgan fingerprint density at radius 1 is 1.24 bits per heavy atom. The van der Waals surface area contributed by atoms with Gasteiger partial charge in [-0.15, -0.1) is 0 Å². The van der Waals surface area contributed by atoms with Gasteiger partial charge in [0.15, 0.2) is 0 Å². The Bertz CT molecular complexity index is 317. The van der Waals surface area contributed by atoms with Gasteiger partial charge in [-0.2, -0.15) is 0 Å². The van der Waals surface area contributed by atoms with Crippen molar-refractivity contribution in [2.75, 3.05) is 6.54 Å². The molecule has 3 heteroatoms. The average Bonchev–Trinajstić information content (AvgIpc) is 2.43. The van der Waals surface area contributed by atoms with Crippen LogP contribution in [0.25, 0.3) is 0 Å². The molecule has 0 amide bonds. The van der Waals surface area contributed by atoms with Gasteiger partial charge in [-0.3, -0.25) is 9.69 Å². The topological polar surface area (TPSA) is 40.5 Å². The molecule has 0 spiro atoms. The monoisotopic (exact) mass is 297 g/mol. The molecule has 1 aliphatic carbocycles. The van der Waals surface area contributed by atoms with Gasteiger partial charge in [0.25, 0.3) is 0 Å². The van der Waals surface area contributed by atoms with Crippen LogP contribution in [0.5, 0.6) is 0 Å². The second-order valence-corrected chi connectivity index (χ2v) is 7.68. The van der Waals surface area contributed by atoms with E-state index in [-0.39, 0.29) is 0 Å². The van der Waals surface area contributed by atoms with Crippen LogP contribution in [0.4, 0.5) is 0 Å². The van der Waals surface area contributed by atoms with Crippen molar-refractivity contribution in [3.8, 4) is 0 Å². The first kappa shape index (κ1) is 18.5. The normalized spacial score (nSPS) is 23.8. The van der Waals surface area contributed by atoms with Crippen LogP contribution in [-0.4, -0.2) is 34.6 Å². The van der Waals surface area contributed by atoms with Crippen molar-refractivity contribution >= 4 is 5.97 Å². The van der Waals surface area contributed by atoms with Crippen molar-refractivity contribution in [1.29, 1.82) is 0 Å². The molecule has 0 radical (unpaired) electrons. The van der Waals surface area contributed by atoms with E-state index in [0.717, 1.165) is 18.9 Å². The minimum atomic E-state index is -0.674. The highest BCUT2D eigenvalue weighted by atomic mass is 16.4. The van der Waals surface area contributed by atoms with Crippen LogP contribution in [0.1, 0.15) is 79.6 Å². The highest BCUT2D eigenvalue weighted by molar-refractivity contribution is 5.66. The van der Waals surface area contributed by atoms with Gasteiger partial charge < -0.3 is 5.11 Å². The molecule has 1 N–H and O–H groups in total. The Morgan fingerprint density at radius 3 is 2.24 bits per heavy atom. The molecule has 0 unspecified atom stereocenters. The number of aliphatic carboxylic acids is 1. The van der Waals surface area contributed by atoms with E-state index < -0.39 is 5.97 Å². The molecule has 0 aromatic carbocycles. The maximum atomic E-state index is 10.7. The van der Waals surface area contributed by atoms with Crippen LogP contribution in [0.2, 0.25) is 0 Å². The lowest BCUT2D eigenvalue weighted by Crippen LogP contribution is -2.44. The van der Waals surface area contributed by atoms with Gasteiger partial charge in [0.2, 0.25) is 0 Å². The van der Waals surface area contributed by atoms with Crippen LogP contribution < -0.4 is 0 Å². The SMILES string of the molecule is CCC(C)(C)C1CCC(N(CCCC(=O)O)C(C)C)CC1. The fourth-order valence-corrected chi connectivity index (χ4v) is 3.75. The molecule has 1 saturated carbocycles. The van der Waals surface area contributed by atoms with E-state index in [2.05, 4.69) is 39.5 Å². The largest absolute Gasteiger partial charge is 0.481 e. The number of hydrogen-bond acceptors (Lipinski definition) is 2. The average molecular weight is 297 g/mol. The van der Waals surface area contributed by atoms with Crippen LogP contribution in [-0.2, 0) is 4.79 Å². The molecule has 0 aromatic rings. The summed E-state index contributed by atoms with van der Waals surface area (Å²) >= 11 is 0. The lowest BCUT2D eigenvalue weighted by atomic mass is 9.68. The molecule has 0 bridgehead atoms. The summed E-state index contributed by atoms with van der Waals surface area (Å²) in [6.45, 7) is 12.5. The van der Waals surface area contributed by atoms with Gasteiger partial charge >= 0.3 is 5.97 Å². The summed E-state index contributed by atoms with van der Waals surface area (Å²) in [5.41, 5.74) is 0.469. The maximum Gasteiger partial charge on any atom is 0.303 e. The summed E-state index contributed by atoms with van der Waals surface area (Å²) in [5.74, 6) is 0.180. The third-order valence-electron chi connectivity index (χ3n) is 5.65. The Labute approximate surface area is 131 Å². The maximum absolute atomic E-state index is 10.7. The zero-order valence-corrected chi connectivity index (χ0v) is 14.7. The minimum absolute atomic E-state index is 0.293. The smallest absolute Gasteiger partial charge is 0.303 e. The molecule has 0 aromatic heterocycles. The molecule has 1 fully saturated rings. The fraction of sp³-hybridized carbons (Fsp3) is 0.944. The second kappa shape index (κ2) is 8.17. The van der Waals surface area contributed by atoms with Gasteiger partial charge in [0.05, 0.1) is 0 Å². The number of carboxylic acids is 1. The Morgan fingerprint density at radius 2 is 1.81 bits per heavy atom. The summed E-state index contributed by atoms with van der Waals surface area (Å²) < 4.78 is 0. The van der Waals surface area contributed by atoms with Crippen LogP contribution in [0.15, 0.2) is 0 Å². The highest BCUT2D eigenvalue weighted by Crippen LogP contribution is 2.41. The summed E-state index contributed by atoms with van der Waals surface area (Å²) in [6, 6.07) is 1.17.